The van der Waals surface area contributed by atoms with E-state index in [4.69, 9.17) is 0 Å². The number of anilines is 3. The molecule has 0 unspecified atom stereocenters. The van der Waals surface area contributed by atoms with E-state index in [0.29, 0.717) is 5.82 Å². The Kier molecular flexibility index (Phi) is 4.46. The van der Waals surface area contributed by atoms with Gasteiger partial charge in [-0.05, 0) is 37.0 Å². The molecule has 1 saturated heterocycles. The molecule has 24 heavy (non-hydrogen) atoms. The van der Waals surface area contributed by atoms with Gasteiger partial charge in [0, 0.05) is 44.6 Å². The second-order valence-electron chi connectivity index (χ2n) is 6.61. The Bertz CT molecular complexity index is 845. The Hall–Kier alpha value is -2.50. The van der Waals surface area contributed by atoms with Gasteiger partial charge in [0.2, 0.25) is 0 Å². The van der Waals surface area contributed by atoms with Crippen LogP contribution in [-0.2, 0) is 14.1 Å². The first-order chi connectivity index (χ1) is 11.5. The van der Waals surface area contributed by atoms with Crippen molar-refractivity contribution in [1.82, 2.24) is 9.13 Å². The minimum Gasteiger partial charge on any atom is -0.371 e. The Labute approximate surface area is 141 Å². The molecule has 6 nitrogen and oxygen atoms in total. The lowest BCUT2D eigenvalue weighted by molar-refractivity contribution is 0.438. The summed E-state index contributed by atoms with van der Waals surface area (Å²) in [6, 6.07) is 9.55. The minimum atomic E-state index is -0.342. The van der Waals surface area contributed by atoms with Crippen molar-refractivity contribution in [3.8, 4) is 0 Å². The molecule has 0 aliphatic carbocycles. The summed E-state index contributed by atoms with van der Waals surface area (Å²) in [5.41, 5.74) is 1.38. The van der Waals surface area contributed by atoms with Gasteiger partial charge in [-0.3, -0.25) is 13.9 Å². The molecule has 6 heteroatoms. The van der Waals surface area contributed by atoms with Gasteiger partial charge in [-0.15, -0.1) is 0 Å². The standard InChI is InChI=1S/C18H24N4O2/c1-13-7-9-22(10-8-13)15-6-4-5-14(11-15)19-16-12-17(23)21(3)18(24)20(16)2/h4-6,11-13,19H,7-10H2,1-3H3. The number of aromatic nitrogens is 2. The molecule has 1 fully saturated rings. The molecule has 1 N–H and O–H groups in total. The zero-order valence-electron chi connectivity index (χ0n) is 14.5. The highest BCUT2D eigenvalue weighted by molar-refractivity contribution is 5.63. The van der Waals surface area contributed by atoms with E-state index in [-0.39, 0.29) is 11.2 Å². The van der Waals surface area contributed by atoms with Gasteiger partial charge >= 0.3 is 5.69 Å². The molecule has 0 bridgehead atoms. The highest BCUT2D eigenvalue weighted by Gasteiger charge is 2.16. The van der Waals surface area contributed by atoms with Crippen LogP contribution >= 0.6 is 0 Å². The molecule has 0 radical (unpaired) electrons. The summed E-state index contributed by atoms with van der Waals surface area (Å²) in [5, 5.41) is 3.19. The van der Waals surface area contributed by atoms with Crippen molar-refractivity contribution < 1.29 is 0 Å². The van der Waals surface area contributed by atoms with E-state index in [1.165, 1.54) is 36.2 Å². The second kappa shape index (κ2) is 6.55. The highest BCUT2D eigenvalue weighted by Crippen LogP contribution is 2.26. The van der Waals surface area contributed by atoms with Gasteiger partial charge in [0.05, 0.1) is 0 Å². The predicted octanol–water partition coefficient (Wildman–Crippen LogP) is 2.06. The number of hydrogen-bond acceptors (Lipinski definition) is 4. The summed E-state index contributed by atoms with van der Waals surface area (Å²) in [4.78, 5) is 26.3. The zero-order valence-corrected chi connectivity index (χ0v) is 14.5. The maximum atomic E-state index is 12.0. The summed E-state index contributed by atoms with van der Waals surface area (Å²) in [6.45, 7) is 4.43. The third-order valence-corrected chi connectivity index (χ3v) is 4.79. The molecule has 2 aromatic rings. The van der Waals surface area contributed by atoms with E-state index in [0.717, 1.165) is 29.3 Å². The maximum Gasteiger partial charge on any atom is 0.332 e. The van der Waals surface area contributed by atoms with Gasteiger partial charge in [0.1, 0.15) is 5.82 Å². The lowest BCUT2D eigenvalue weighted by Crippen LogP contribution is -2.37. The average molecular weight is 328 g/mol. The fourth-order valence-electron chi connectivity index (χ4n) is 3.05. The number of nitrogens with one attached hydrogen (secondary N) is 1. The lowest BCUT2D eigenvalue weighted by Gasteiger charge is -2.32. The van der Waals surface area contributed by atoms with Crippen molar-refractivity contribution in [1.29, 1.82) is 0 Å². The number of hydrogen-bond donors (Lipinski definition) is 1. The quantitative estimate of drug-likeness (QED) is 0.937. The number of rotatable bonds is 3. The SMILES string of the molecule is CC1CCN(c2cccc(Nc3cc(=O)n(C)c(=O)n3C)c2)CC1. The average Bonchev–Trinajstić information content (AvgIpc) is 2.59. The van der Waals surface area contributed by atoms with E-state index in [1.54, 1.807) is 7.05 Å². The van der Waals surface area contributed by atoms with Crippen LogP contribution in [0, 0.1) is 5.92 Å². The van der Waals surface area contributed by atoms with Crippen molar-refractivity contribution in [3.63, 3.8) is 0 Å². The fraction of sp³-hybridized carbons (Fsp3) is 0.444. The van der Waals surface area contributed by atoms with Gasteiger partial charge < -0.3 is 10.2 Å². The summed E-state index contributed by atoms with van der Waals surface area (Å²) in [5.74, 6) is 1.28. The largest absolute Gasteiger partial charge is 0.371 e. The first-order valence-electron chi connectivity index (χ1n) is 8.35. The van der Waals surface area contributed by atoms with Crippen LogP contribution < -0.4 is 21.5 Å². The smallest absolute Gasteiger partial charge is 0.332 e. The van der Waals surface area contributed by atoms with Crippen LogP contribution in [0.2, 0.25) is 0 Å². The number of piperidine rings is 1. The summed E-state index contributed by atoms with van der Waals surface area (Å²) < 4.78 is 2.53. The Morgan fingerprint density at radius 3 is 2.46 bits per heavy atom. The summed E-state index contributed by atoms with van der Waals surface area (Å²) in [7, 11) is 3.13. The molecular formula is C18H24N4O2. The van der Waals surface area contributed by atoms with Gasteiger partial charge in [-0.25, -0.2) is 4.79 Å². The van der Waals surface area contributed by atoms with Gasteiger partial charge in [-0.2, -0.15) is 0 Å². The molecule has 128 valence electrons. The van der Waals surface area contributed by atoms with Crippen molar-refractivity contribution in [2.45, 2.75) is 19.8 Å². The zero-order chi connectivity index (χ0) is 17.3. The summed E-state index contributed by atoms with van der Waals surface area (Å²) >= 11 is 0. The molecule has 0 amide bonds. The van der Waals surface area contributed by atoms with E-state index in [2.05, 4.69) is 29.3 Å². The van der Waals surface area contributed by atoms with E-state index < -0.39 is 0 Å². The maximum absolute atomic E-state index is 12.0. The van der Waals surface area contributed by atoms with Gasteiger partial charge in [-0.1, -0.05) is 13.0 Å². The predicted molar refractivity (Wildman–Crippen MR) is 97.3 cm³/mol. The van der Waals surface area contributed by atoms with E-state index >= 15 is 0 Å². The van der Waals surface area contributed by atoms with Crippen molar-refractivity contribution in [3.05, 3.63) is 51.2 Å². The van der Waals surface area contributed by atoms with Crippen molar-refractivity contribution >= 4 is 17.2 Å². The normalized spacial score (nSPS) is 15.5. The molecule has 0 atom stereocenters. The van der Waals surface area contributed by atoms with Gasteiger partial charge in [0.15, 0.2) is 0 Å². The molecule has 2 heterocycles. The molecular weight excluding hydrogens is 304 g/mol. The Morgan fingerprint density at radius 2 is 1.75 bits per heavy atom. The number of benzene rings is 1. The minimum absolute atomic E-state index is 0.318. The molecule has 1 aliphatic rings. The van der Waals surface area contributed by atoms with Crippen LogP contribution in [0.4, 0.5) is 17.2 Å². The van der Waals surface area contributed by atoms with Crippen LogP contribution in [0.3, 0.4) is 0 Å². The second-order valence-corrected chi connectivity index (χ2v) is 6.61. The van der Waals surface area contributed by atoms with Crippen molar-refractivity contribution in [2.24, 2.45) is 20.0 Å². The number of nitrogens with zero attached hydrogens (tertiary/aromatic N) is 3. The Morgan fingerprint density at radius 1 is 1.04 bits per heavy atom. The fourth-order valence-corrected chi connectivity index (χ4v) is 3.05. The highest BCUT2D eigenvalue weighted by atomic mass is 16.2. The van der Waals surface area contributed by atoms with Crippen LogP contribution in [0.15, 0.2) is 39.9 Å². The molecule has 0 spiro atoms. The van der Waals surface area contributed by atoms with Crippen LogP contribution in [0.1, 0.15) is 19.8 Å². The van der Waals surface area contributed by atoms with E-state index in [1.807, 2.05) is 12.1 Å². The third-order valence-electron chi connectivity index (χ3n) is 4.79. The summed E-state index contributed by atoms with van der Waals surface area (Å²) in [6.07, 6.45) is 2.42. The van der Waals surface area contributed by atoms with Gasteiger partial charge in [0.25, 0.3) is 5.56 Å². The third kappa shape index (κ3) is 3.22. The monoisotopic (exact) mass is 328 g/mol. The first-order valence-corrected chi connectivity index (χ1v) is 8.35. The molecule has 3 rings (SSSR count). The molecule has 0 saturated carbocycles. The first kappa shape index (κ1) is 16.4. The van der Waals surface area contributed by atoms with E-state index in [9.17, 15) is 9.59 Å². The molecule has 1 aliphatic heterocycles. The van der Waals surface area contributed by atoms with Crippen LogP contribution in [0.25, 0.3) is 0 Å². The lowest BCUT2D eigenvalue weighted by atomic mass is 9.99. The Balaban J connectivity index is 1.86. The molecule has 1 aromatic heterocycles. The molecule has 1 aromatic carbocycles. The topological polar surface area (TPSA) is 59.3 Å². The van der Waals surface area contributed by atoms with Crippen LogP contribution in [0.5, 0.6) is 0 Å². The van der Waals surface area contributed by atoms with Crippen LogP contribution in [-0.4, -0.2) is 22.2 Å². The van der Waals surface area contributed by atoms with Crippen molar-refractivity contribution in [2.75, 3.05) is 23.3 Å².